The van der Waals surface area contributed by atoms with Gasteiger partial charge < -0.3 is 21.3 Å². The van der Waals surface area contributed by atoms with E-state index in [0.717, 1.165) is 32.4 Å². The maximum absolute atomic E-state index is 13.1. The second-order valence-corrected chi connectivity index (χ2v) is 9.96. The highest BCUT2D eigenvalue weighted by Gasteiger charge is 2.36. The lowest BCUT2D eigenvalue weighted by molar-refractivity contribution is -0.130. The summed E-state index contributed by atoms with van der Waals surface area (Å²) in [6, 6.07) is 14.4. The van der Waals surface area contributed by atoms with Crippen LogP contribution in [0.1, 0.15) is 28.8 Å². The fourth-order valence-electron chi connectivity index (χ4n) is 4.35. The number of nitrogens with two attached hydrogens (primary N) is 1. The average Bonchev–Trinajstić information content (AvgIpc) is 2.86. The molecule has 2 saturated heterocycles. The molecule has 3 unspecified atom stereocenters. The fourth-order valence-corrected chi connectivity index (χ4v) is 5.29. The van der Waals surface area contributed by atoms with Gasteiger partial charge in [-0.05, 0) is 55.0 Å². The first-order valence-electron chi connectivity index (χ1n) is 11.7. The van der Waals surface area contributed by atoms with Crippen molar-refractivity contribution in [1.29, 1.82) is 0 Å². The van der Waals surface area contributed by atoms with Crippen LogP contribution < -0.4 is 21.7 Å². The number of nitrogens with one attached hydrogen (secondary N) is 3. The van der Waals surface area contributed by atoms with Gasteiger partial charge in [0.25, 0.3) is 5.91 Å². The Morgan fingerprint density at radius 3 is 2.43 bits per heavy atom. The number of benzene rings is 2. The molecule has 2 aliphatic heterocycles. The summed E-state index contributed by atoms with van der Waals surface area (Å²) in [4.78, 5) is 39.5. The maximum Gasteiger partial charge on any atom is 0.252 e. The third-order valence-electron chi connectivity index (χ3n) is 6.36. The van der Waals surface area contributed by atoms with E-state index in [1.807, 2.05) is 11.0 Å². The average molecular weight is 500 g/mol. The Kier molecular flexibility index (Phi) is 8.37. The smallest absolute Gasteiger partial charge is 0.252 e. The Hall–Kier alpha value is -2.95. The van der Waals surface area contributed by atoms with Gasteiger partial charge in [-0.25, -0.2) is 4.39 Å². The van der Waals surface area contributed by atoms with Gasteiger partial charge in [0.2, 0.25) is 11.8 Å². The minimum absolute atomic E-state index is 0.0320. The van der Waals surface area contributed by atoms with Crippen LogP contribution in [0.15, 0.2) is 54.6 Å². The monoisotopic (exact) mass is 499 g/mol. The van der Waals surface area contributed by atoms with Crippen LogP contribution in [0.2, 0.25) is 0 Å². The van der Waals surface area contributed by atoms with Crippen molar-refractivity contribution < 1.29 is 18.8 Å². The molecule has 0 aliphatic carbocycles. The molecule has 0 bridgehead atoms. The van der Waals surface area contributed by atoms with Gasteiger partial charge >= 0.3 is 0 Å². The molecule has 2 fully saturated rings. The number of piperidine rings is 1. The normalized spacial score (nSPS) is 23.0. The van der Waals surface area contributed by atoms with E-state index in [4.69, 9.17) is 5.73 Å². The molecule has 3 amide bonds. The van der Waals surface area contributed by atoms with E-state index >= 15 is 0 Å². The Labute approximate surface area is 208 Å². The van der Waals surface area contributed by atoms with Crippen molar-refractivity contribution in [2.24, 2.45) is 11.7 Å². The largest absolute Gasteiger partial charge is 0.342 e. The van der Waals surface area contributed by atoms with E-state index in [-0.39, 0.29) is 17.2 Å². The highest BCUT2D eigenvalue weighted by Crippen LogP contribution is 2.22. The Bertz CT molecular complexity index is 1030. The molecule has 0 aromatic heterocycles. The summed E-state index contributed by atoms with van der Waals surface area (Å²) in [7, 11) is 0. The molecule has 0 spiro atoms. The van der Waals surface area contributed by atoms with Gasteiger partial charge in [-0.3, -0.25) is 19.7 Å². The first-order chi connectivity index (χ1) is 16.9. The molecule has 2 heterocycles. The molecule has 2 aliphatic rings. The summed E-state index contributed by atoms with van der Waals surface area (Å²) >= 11 is 1.26. The zero-order valence-electron chi connectivity index (χ0n) is 19.3. The molecule has 2 aromatic carbocycles. The maximum atomic E-state index is 13.1. The van der Waals surface area contributed by atoms with Crippen LogP contribution in [0.25, 0.3) is 0 Å². The fraction of sp³-hybridized carbons (Fsp3) is 0.400. The molecule has 4 rings (SSSR count). The number of likely N-dealkylation sites (tertiary alicyclic amines) is 1. The number of halogens is 1. The minimum atomic E-state index is -0.997. The van der Waals surface area contributed by atoms with Crippen molar-refractivity contribution in [3.63, 3.8) is 0 Å². The molecule has 0 saturated carbocycles. The number of carbonyl (C=O) groups excluding carboxylic acids is 3. The van der Waals surface area contributed by atoms with Gasteiger partial charge in [0.15, 0.2) is 0 Å². The highest BCUT2D eigenvalue weighted by atomic mass is 32.2. The molecule has 8 nitrogen and oxygen atoms in total. The van der Waals surface area contributed by atoms with Crippen LogP contribution in [0, 0.1) is 11.7 Å². The van der Waals surface area contributed by atoms with Crippen LogP contribution in [-0.4, -0.2) is 59.2 Å². The number of nitrogens with zero attached hydrogens (tertiary/aromatic N) is 1. The second kappa shape index (κ2) is 11.7. The van der Waals surface area contributed by atoms with Crippen molar-refractivity contribution in [2.45, 2.75) is 37.0 Å². The first-order valence-corrected chi connectivity index (χ1v) is 12.8. The number of carbonyl (C=O) groups is 3. The van der Waals surface area contributed by atoms with Crippen molar-refractivity contribution in [1.82, 2.24) is 20.9 Å². The van der Waals surface area contributed by atoms with Gasteiger partial charge in [-0.2, -0.15) is 0 Å². The van der Waals surface area contributed by atoms with Crippen LogP contribution in [0.3, 0.4) is 0 Å². The minimum Gasteiger partial charge on any atom is -0.342 e. The summed E-state index contributed by atoms with van der Waals surface area (Å²) in [5, 5.41) is 8.33. The lowest BCUT2D eigenvalue weighted by atomic mass is 9.90. The number of hydrogen-bond acceptors (Lipinski definition) is 6. The number of rotatable bonds is 7. The van der Waals surface area contributed by atoms with Gasteiger partial charge in [0, 0.05) is 18.7 Å². The third-order valence-corrected chi connectivity index (χ3v) is 7.36. The Balaban J connectivity index is 1.19. The van der Waals surface area contributed by atoms with E-state index < -0.39 is 35.3 Å². The summed E-state index contributed by atoms with van der Waals surface area (Å²) in [6.45, 7) is 1.47. The van der Waals surface area contributed by atoms with Crippen LogP contribution >= 0.6 is 11.8 Å². The Morgan fingerprint density at radius 1 is 1.09 bits per heavy atom. The SMILES string of the molecule is NC1NC(SCC(=O)N2CCC(Cc3ccccc3)CC2)NC(=O)C1NC(=O)c1ccc(F)cc1. The highest BCUT2D eigenvalue weighted by molar-refractivity contribution is 8.00. The van der Waals surface area contributed by atoms with Crippen LogP contribution in [0.5, 0.6) is 0 Å². The lowest BCUT2D eigenvalue weighted by Crippen LogP contribution is -2.70. The van der Waals surface area contributed by atoms with E-state index in [9.17, 15) is 18.8 Å². The molecular weight excluding hydrogens is 469 g/mol. The zero-order chi connectivity index (χ0) is 24.8. The van der Waals surface area contributed by atoms with E-state index in [1.165, 1.54) is 41.6 Å². The summed E-state index contributed by atoms with van der Waals surface area (Å²) < 4.78 is 13.1. The van der Waals surface area contributed by atoms with Crippen molar-refractivity contribution in [3.8, 4) is 0 Å². The van der Waals surface area contributed by atoms with Crippen molar-refractivity contribution in [3.05, 3.63) is 71.5 Å². The third kappa shape index (κ3) is 6.81. The molecule has 3 atom stereocenters. The predicted molar refractivity (Wildman–Crippen MR) is 133 cm³/mol. The predicted octanol–water partition coefficient (Wildman–Crippen LogP) is 1.43. The van der Waals surface area contributed by atoms with Crippen LogP contribution in [0.4, 0.5) is 4.39 Å². The van der Waals surface area contributed by atoms with Gasteiger partial charge in [0.1, 0.15) is 17.4 Å². The molecule has 2 aromatic rings. The molecule has 10 heteroatoms. The second-order valence-electron chi connectivity index (χ2n) is 8.86. The summed E-state index contributed by atoms with van der Waals surface area (Å²) in [5.74, 6) is -0.613. The van der Waals surface area contributed by atoms with E-state index in [1.54, 1.807) is 0 Å². The lowest BCUT2D eigenvalue weighted by Gasteiger charge is -2.36. The molecular formula is C25H30FN5O3S. The standard InChI is InChI=1S/C25H30FN5O3S/c26-19-8-6-18(7-9-19)23(33)28-21-22(27)29-25(30-24(21)34)35-15-20(32)31-12-10-17(11-13-31)14-16-4-2-1-3-5-16/h1-9,17,21-22,25,29H,10-15,27H2,(H,28,33)(H,30,34). The zero-order valence-corrected chi connectivity index (χ0v) is 20.1. The first kappa shape index (κ1) is 25.2. The topological polar surface area (TPSA) is 117 Å². The molecule has 35 heavy (non-hydrogen) atoms. The van der Waals surface area contributed by atoms with Crippen LogP contribution in [-0.2, 0) is 16.0 Å². The van der Waals surface area contributed by atoms with E-state index in [2.05, 4.69) is 40.2 Å². The number of hydrogen-bond donors (Lipinski definition) is 4. The molecule has 0 radical (unpaired) electrons. The van der Waals surface area contributed by atoms with Gasteiger partial charge in [0.05, 0.1) is 11.9 Å². The quantitative estimate of drug-likeness (QED) is 0.458. The Morgan fingerprint density at radius 2 is 1.77 bits per heavy atom. The summed E-state index contributed by atoms with van der Waals surface area (Å²) in [6.07, 6.45) is 2.15. The molecule has 5 N–H and O–H groups in total. The molecule has 186 valence electrons. The summed E-state index contributed by atoms with van der Waals surface area (Å²) in [5.41, 5.74) is 7.09. The van der Waals surface area contributed by atoms with Gasteiger partial charge in [-0.15, -0.1) is 11.8 Å². The van der Waals surface area contributed by atoms with Crippen molar-refractivity contribution >= 4 is 29.5 Å². The number of thioether (sulfide) groups is 1. The van der Waals surface area contributed by atoms with E-state index in [0.29, 0.717) is 5.92 Å². The van der Waals surface area contributed by atoms with Crippen molar-refractivity contribution in [2.75, 3.05) is 18.8 Å². The van der Waals surface area contributed by atoms with Gasteiger partial charge in [-0.1, -0.05) is 30.3 Å². The number of amides is 3.